The average molecular weight is 173 g/mol. The average Bonchev–Trinajstić information content (AvgIpc) is 2.04. The van der Waals surface area contributed by atoms with Gasteiger partial charge in [0.25, 0.3) is 0 Å². The number of nitrogens with one attached hydrogen (secondary N) is 1. The number of hydrogen-bond acceptors (Lipinski definition) is 2. The van der Waals surface area contributed by atoms with Gasteiger partial charge in [-0.25, -0.2) is 0 Å². The van der Waals surface area contributed by atoms with E-state index in [1.165, 1.54) is 0 Å². The highest BCUT2D eigenvalue weighted by molar-refractivity contribution is 4.68. The molecule has 3 unspecified atom stereocenters. The van der Waals surface area contributed by atoms with Crippen LogP contribution in [-0.2, 0) is 4.74 Å². The van der Waals surface area contributed by atoms with E-state index in [4.69, 9.17) is 4.74 Å². The van der Waals surface area contributed by atoms with Crippen molar-refractivity contribution in [2.45, 2.75) is 20.8 Å². The lowest BCUT2D eigenvalue weighted by molar-refractivity contribution is 0.116. The molecule has 0 saturated carbocycles. The quantitative estimate of drug-likeness (QED) is 0.661. The van der Waals surface area contributed by atoms with Crippen molar-refractivity contribution in [2.24, 2.45) is 17.8 Å². The summed E-state index contributed by atoms with van der Waals surface area (Å²) in [6, 6.07) is 0. The summed E-state index contributed by atoms with van der Waals surface area (Å²) in [5.74, 6) is 2.09. The number of ether oxygens (including phenoxy) is 1. The highest BCUT2D eigenvalue weighted by Crippen LogP contribution is 2.19. The molecular weight excluding hydrogens is 150 g/mol. The predicted molar refractivity (Wildman–Crippen MR) is 53.3 cm³/mol. The molecule has 0 heterocycles. The van der Waals surface area contributed by atoms with Gasteiger partial charge in [-0.15, -0.1) is 0 Å². The molecule has 12 heavy (non-hydrogen) atoms. The molecule has 0 aliphatic heterocycles. The molecule has 0 aromatic rings. The van der Waals surface area contributed by atoms with Gasteiger partial charge in [-0.2, -0.15) is 0 Å². The maximum absolute atomic E-state index is 5.13. The molecular formula is C10H23NO. The van der Waals surface area contributed by atoms with Gasteiger partial charge < -0.3 is 10.1 Å². The second kappa shape index (κ2) is 6.44. The van der Waals surface area contributed by atoms with Crippen molar-refractivity contribution in [2.75, 3.05) is 27.3 Å². The first-order valence-electron chi connectivity index (χ1n) is 4.77. The van der Waals surface area contributed by atoms with Crippen molar-refractivity contribution in [3.8, 4) is 0 Å². The summed E-state index contributed by atoms with van der Waals surface area (Å²) < 4.78 is 5.13. The second-order valence-electron chi connectivity index (χ2n) is 3.83. The minimum absolute atomic E-state index is 0.651. The first kappa shape index (κ1) is 11.9. The molecule has 1 N–H and O–H groups in total. The number of hydrogen-bond donors (Lipinski definition) is 1. The lowest BCUT2D eigenvalue weighted by Crippen LogP contribution is -2.27. The fourth-order valence-corrected chi connectivity index (χ4v) is 1.48. The Labute approximate surface area is 76.7 Å². The smallest absolute Gasteiger partial charge is 0.0490 e. The van der Waals surface area contributed by atoms with Crippen LogP contribution in [0.3, 0.4) is 0 Å². The van der Waals surface area contributed by atoms with E-state index < -0.39 is 0 Å². The fraction of sp³-hybridized carbons (Fsp3) is 1.00. The standard InChI is InChI=1S/C10H23NO/c1-8(6-11-4)10(3)9(2)7-12-5/h8-11H,6-7H2,1-5H3. The first-order chi connectivity index (χ1) is 5.63. The van der Waals surface area contributed by atoms with Crippen molar-refractivity contribution < 1.29 is 4.74 Å². The maximum Gasteiger partial charge on any atom is 0.0490 e. The predicted octanol–water partition coefficient (Wildman–Crippen LogP) is 1.76. The Hall–Kier alpha value is -0.0800. The summed E-state index contributed by atoms with van der Waals surface area (Å²) in [5, 5.41) is 3.20. The van der Waals surface area contributed by atoms with Gasteiger partial charge in [0, 0.05) is 13.7 Å². The van der Waals surface area contributed by atoms with E-state index >= 15 is 0 Å². The van der Waals surface area contributed by atoms with E-state index in [1.54, 1.807) is 7.11 Å². The Bertz CT molecular complexity index is 94.0. The normalized spacial score (nSPS) is 18.8. The van der Waals surface area contributed by atoms with Crippen LogP contribution >= 0.6 is 0 Å². The molecule has 0 aromatic heterocycles. The van der Waals surface area contributed by atoms with Gasteiger partial charge >= 0.3 is 0 Å². The molecule has 0 radical (unpaired) electrons. The van der Waals surface area contributed by atoms with Crippen LogP contribution in [0.1, 0.15) is 20.8 Å². The van der Waals surface area contributed by atoms with E-state index in [1.807, 2.05) is 7.05 Å². The van der Waals surface area contributed by atoms with Crippen molar-refractivity contribution in [1.82, 2.24) is 5.32 Å². The Morgan fingerprint density at radius 1 is 1.17 bits per heavy atom. The zero-order valence-electron chi connectivity index (χ0n) is 9.05. The van der Waals surface area contributed by atoms with E-state index in [9.17, 15) is 0 Å². The van der Waals surface area contributed by atoms with E-state index in [0.717, 1.165) is 25.0 Å². The van der Waals surface area contributed by atoms with Crippen LogP contribution in [0.2, 0.25) is 0 Å². The lowest BCUT2D eigenvalue weighted by Gasteiger charge is -2.25. The largest absolute Gasteiger partial charge is 0.384 e. The van der Waals surface area contributed by atoms with Crippen LogP contribution < -0.4 is 5.32 Å². The molecule has 0 aliphatic carbocycles. The van der Waals surface area contributed by atoms with Crippen LogP contribution in [-0.4, -0.2) is 27.3 Å². The molecule has 0 rings (SSSR count). The third kappa shape index (κ3) is 4.07. The molecule has 0 aromatic carbocycles. The molecule has 0 saturated heterocycles. The summed E-state index contributed by atoms with van der Waals surface area (Å²) in [4.78, 5) is 0. The summed E-state index contributed by atoms with van der Waals surface area (Å²) in [7, 11) is 3.77. The molecule has 0 amide bonds. The molecule has 0 fully saturated rings. The molecule has 2 nitrogen and oxygen atoms in total. The van der Waals surface area contributed by atoms with E-state index in [0.29, 0.717) is 5.92 Å². The summed E-state index contributed by atoms with van der Waals surface area (Å²) in [6.07, 6.45) is 0. The molecule has 0 aliphatic rings. The Morgan fingerprint density at radius 2 is 1.75 bits per heavy atom. The third-order valence-electron chi connectivity index (χ3n) is 2.75. The summed E-state index contributed by atoms with van der Waals surface area (Å²) >= 11 is 0. The molecule has 0 bridgehead atoms. The lowest BCUT2D eigenvalue weighted by atomic mass is 9.85. The van der Waals surface area contributed by atoms with Gasteiger partial charge in [0.1, 0.15) is 0 Å². The number of rotatable bonds is 6. The highest BCUT2D eigenvalue weighted by atomic mass is 16.5. The van der Waals surface area contributed by atoms with Gasteiger partial charge in [0.05, 0.1) is 0 Å². The van der Waals surface area contributed by atoms with Crippen molar-refractivity contribution in [3.05, 3.63) is 0 Å². The van der Waals surface area contributed by atoms with Crippen LogP contribution in [0.5, 0.6) is 0 Å². The minimum Gasteiger partial charge on any atom is -0.384 e. The van der Waals surface area contributed by atoms with Crippen molar-refractivity contribution in [1.29, 1.82) is 0 Å². The van der Waals surface area contributed by atoms with Crippen LogP contribution in [0.15, 0.2) is 0 Å². The second-order valence-corrected chi connectivity index (χ2v) is 3.83. The molecule has 3 atom stereocenters. The first-order valence-corrected chi connectivity index (χ1v) is 4.77. The molecule has 0 spiro atoms. The van der Waals surface area contributed by atoms with E-state index in [-0.39, 0.29) is 0 Å². The third-order valence-corrected chi connectivity index (χ3v) is 2.75. The van der Waals surface area contributed by atoms with Crippen LogP contribution in [0.25, 0.3) is 0 Å². The van der Waals surface area contributed by atoms with Crippen molar-refractivity contribution in [3.63, 3.8) is 0 Å². The van der Waals surface area contributed by atoms with Gasteiger partial charge in [-0.1, -0.05) is 20.8 Å². The van der Waals surface area contributed by atoms with Crippen molar-refractivity contribution >= 4 is 0 Å². The zero-order chi connectivity index (χ0) is 9.56. The summed E-state index contributed by atoms with van der Waals surface area (Å²) in [5.41, 5.74) is 0. The van der Waals surface area contributed by atoms with Gasteiger partial charge in [0.15, 0.2) is 0 Å². The van der Waals surface area contributed by atoms with Crippen LogP contribution in [0, 0.1) is 17.8 Å². The monoisotopic (exact) mass is 173 g/mol. The molecule has 74 valence electrons. The minimum atomic E-state index is 0.651. The summed E-state index contributed by atoms with van der Waals surface area (Å²) in [6.45, 7) is 8.80. The van der Waals surface area contributed by atoms with Crippen LogP contribution in [0.4, 0.5) is 0 Å². The topological polar surface area (TPSA) is 21.3 Å². The maximum atomic E-state index is 5.13. The Morgan fingerprint density at radius 3 is 2.17 bits per heavy atom. The van der Waals surface area contributed by atoms with E-state index in [2.05, 4.69) is 26.1 Å². The van der Waals surface area contributed by atoms with Gasteiger partial charge in [-0.3, -0.25) is 0 Å². The Kier molecular flexibility index (Phi) is 6.39. The van der Waals surface area contributed by atoms with Gasteiger partial charge in [-0.05, 0) is 31.3 Å². The SMILES string of the molecule is CNCC(C)C(C)C(C)COC. The fourth-order valence-electron chi connectivity index (χ4n) is 1.48. The molecule has 2 heteroatoms. The highest BCUT2D eigenvalue weighted by Gasteiger charge is 2.17. The Balaban J connectivity index is 3.73. The zero-order valence-corrected chi connectivity index (χ0v) is 9.05. The van der Waals surface area contributed by atoms with Gasteiger partial charge in [0.2, 0.25) is 0 Å². The number of methoxy groups -OCH3 is 1.